The van der Waals surface area contributed by atoms with Gasteiger partial charge in [0.05, 0.1) is 0 Å². The van der Waals surface area contributed by atoms with Crippen molar-refractivity contribution in [3.05, 3.63) is 17.9 Å². The number of carbonyl (C=O) groups is 1. The molecule has 88 valence electrons. The number of nitrogens with zero attached hydrogens (tertiary/aromatic N) is 2. The van der Waals surface area contributed by atoms with Crippen molar-refractivity contribution >= 4 is 11.7 Å². The van der Waals surface area contributed by atoms with E-state index in [1.807, 2.05) is 6.07 Å². The van der Waals surface area contributed by atoms with Gasteiger partial charge in [0.15, 0.2) is 17.4 Å². The van der Waals surface area contributed by atoms with Gasteiger partial charge in [-0.1, -0.05) is 0 Å². The van der Waals surface area contributed by atoms with Crippen LogP contribution in [-0.2, 0) is 0 Å². The molecule has 16 heavy (non-hydrogen) atoms. The van der Waals surface area contributed by atoms with Crippen LogP contribution in [0.15, 0.2) is 16.5 Å². The van der Waals surface area contributed by atoms with Crippen LogP contribution in [0.4, 0.5) is 5.88 Å². The van der Waals surface area contributed by atoms with Gasteiger partial charge in [0.2, 0.25) is 0 Å². The van der Waals surface area contributed by atoms with Crippen molar-refractivity contribution in [1.82, 2.24) is 4.90 Å². The van der Waals surface area contributed by atoms with Gasteiger partial charge in [0, 0.05) is 38.7 Å². The Bertz CT molecular complexity index is 386. The van der Waals surface area contributed by atoms with Crippen LogP contribution in [0.5, 0.6) is 0 Å². The van der Waals surface area contributed by atoms with Gasteiger partial charge in [0.25, 0.3) is 0 Å². The zero-order valence-electron chi connectivity index (χ0n) is 10.1. The molecular weight excluding hydrogens is 204 g/mol. The SMILES string of the molecule is CC(=O)c1ccc(N2CCN(C)C(C)C2)o1. The van der Waals surface area contributed by atoms with Crippen molar-refractivity contribution in [3.63, 3.8) is 0 Å². The van der Waals surface area contributed by atoms with Crippen LogP contribution in [0.25, 0.3) is 0 Å². The lowest BCUT2D eigenvalue weighted by Crippen LogP contribution is -2.50. The highest BCUT2D eigenvalue weighted by Crippen LogP contribution is 2.21. The summed E-state index contributed by atoms with van der Waals surface area (Å²) in [5.41, 5.74) is 0. The monoisotopic (exact) mass is 222 g/mol. The van der Waals surface area contributed by atoms with Gasteiger partial charge in [-0.15, -0.1) is 0 Å². The van der Waals surface area contributed by atoms with E-state index in [1.165, 1.54) is 6.92 Å². The summed E-state index contributed by atoms with van der Waals surface area (Å²) in [7, 11) is 2.13. The lowest BCUT2D eigenvalue weighted by atomic mass is 10.2. The van der Waals surface area contributed by atoms with Crippen LogP contribution in [0.3, 0.4) is 0 Å². The molecule has 1 aromatic heterocycles. The quantitative estimate of drug-likeness (QED) is 0.713. The van der Waals surface area contributed by atoms with Crippen molar-refractivity contribution in [3.8, 4) is 0 Å². The second kappa shape index (κ2) is 4.29. The van der Waals surface area contributed by atoms with Gasteiger partial charge in [-0.05, 0) is 20.0 Å². The molecule has 1 saturated heterocycles. The largest absolute Gasteiger partial charge is 0.437 e. The maximum absolute atomic E-state index is 11.1. The normalized spacial score (nSPS) is 22.4. The molecule has 0 bridgehead atoms. The molecule has 0 aromatic carbocycles. The summed E-state index contributed by atoms with van der Waals surface area (Å²) in [6.45, 7) is 6.64. The Morgan fingerprint density at radius 3 is 2.75 bits per heavy atom. The molecular formula is C12H18N2O2. The summed E-state index contributed by atoms with van der Waals surface area (Å²) in [6, 6.07) is 4.15. The Morgan fingerprint density at radius 2 is 2.19 bits per heavy atom. The molecule has 0 radical (unpaired) electrons. The highest BCUT2D eigenvalue weighted by atomic mass is 16.4. The maximum atomic E-state index is 11.1. The third-order valence-corrected chi connectivity index (χ3v) is 3.21. The zero-order valence-corrected chi connectivity index (χ0v) is 10.1. The molecule has 1 aromatic rings. The summed E-state index contributed by atoms with van der Waals surface area (Å²) in [5.74, 6) is 1.24. The molecule has 2 heterocycles. The third kappa shape index (κ3) is 2.11. The van der Waals surface area contributed by atoms with E-state index in [0.717, 1.165) is 25.5 Å². The van der Waals surface area contributed by atoms with E-state index in [1.54, 1.807) is 6.07 Å². The number of furan rings is 1. The molecule has 4 heteroatoms. The van der Waals surface area contributed by atoms with Crippen LogP contribution >= 0.6 is 0 Å². The van der Waals surface area contributed by atoms with Crippen molar-refractivity contribution < 1.29 is 9.21 Å². The first-order chi connectivity index (χ1) is 7.58. The number of Topliss-reactive ketones (excluding diaryl/α,β-unsaturated/α-hetero) is 1. The van der Waals surface area contributed by atoms with Crippen molar-refractivity contribution in [2.75, 3.05) is 31.6 Å². The topological polar surface area (TPSA) is 36.7 Å². The molecule has 1 unspecified atom stereocenters. The summed E-state index contributed by atoms with van der Waals surface area (Å²) in [4.78, 5) is 15.7. The smallest absolute Gasteiger partial charge is 0.196 e. The van der Waals surface area contributed by atoms with Crippen LogP contribution in [0, 0.1) is 0 Å². The molecule has 2 rings (SSSR count). The van der Waals surface area contributed by atoms with E-state index >= 15 is 0 Å². The van der Waals surface area contributed by atoms with Gasteiger partial charge in [-0.25, -0.2) is 0 Å². The van der Waals surface area contributed by atoms with E-state index in [-0.39, 0.29) is 5.78 Å². The third-order valence-electron chi connectivity index (χ3n) is 3.21. The van der Waals surface area contributed by atoms with E-state index in [2.05, 4.69) is 23.8 Å². The lowest BCUT2D eigenvalue weighted by molar-refractivity contribution is 0.0987. The molecule has 0 amide bonds. The van der Waals surface area contributed by atoms with Crippen LogP contribution in [0.1, 0.15) is 24.4 Å². The molecule has 0 spiro atoms. The minimum absolute atomic E-state index is 0.0200. The average molecular weight is 222 g/mol. The summed E-state index contributed by atoms with van der Waals surface area (Å²) < 4.78 is 5.53. The Hall–Kier alpha value is -1.29. The Kier molecular flexibility index (Phi) is 3.01. The molecule has 1 atom stereocenters. The minimum Gasteiger partial charge on any atom is -0.437 e. The molecule has 0 aliphatic carbocycles. The van der Waals surface area contributed by atoms with Crippen LogP contribution in [0.2, 0.25) is 0 Å². The first-order valence-electron chi connectivity index (χ1n) is 5.64. The predicted molar refractivity (Wildman–Crippen MR) is 63.0 cm³/mol. The van der Waals surface area contributed by atoms with Crippen molar-refractivity contribution in [1.29, 1.82) is 0 Å². The predicted octanol–water partition coefficient (Wildman–Crippen LogP) is 1.62. The van der Waals surface area contributed by atoms with E-state index < -0.39 is 0 Å². The lowest BCUT2D eigenvalue weighted by Gasteiger charge is -2.37. The number of likely N-dealkylation sites (N-methyl/N-ethyl adjacent to an activating group) is 1. The number of hydrogen-bond donors (Lipinski definition) is 0. The number of hydrogen-bond acceptors (Lipinski definition) is 4. The standard InChI is InChI=1S/C12H18N2O2/c1-9-8-14(7-6-13(9)3)12-5-4-11(16-12)10(2)15/h4-5,9H,6-8H2,1-3H3. The number of ketones is 1. The second-order valence-electron chi connectivity index (χ2n) is 4.47. The maximum Gasteiger partial charge on any atom is 0.196 e. The van der Waals surface area contributed by atoms with Crippen LogP contribution in [-0.4, -0.2) is 43.4 Å². The van der Waals surface area contributed by atoms with Gasteiger partial charge in [-0.2, -0.15) is 0 Å². The summed E-state index contributed by atoms with van der Waals surface area (Å²) >= 11 is 0. The minimum atomic E-state index is -0.0200. The highest BCUT2D eigenvalue weighted by Gasteiger charge is 2.22. The van der Waals surface area contributed by atoms with Crippen LogP contribution < -0.4 is 4.90 Å². The fraction of sp³-hybridized carbons (Fsp3) is 0.583. The van der Waals surface area contributed by atoms with E-state index in [4.69, 9.17) is 4.42 Å². The molecule has 1 aliphatic rings. The first kappa shape index (κ1) is 11.2. The number of piperazine rings is 1. The zero-order chi connectivity index (χ0) is 11.7. The highest BCUT2D eigenvalue weighted by molar-refractivity contribution is 5.91. The molecule has 0 N–H and O–H groups in total. The Morgan fingerprint density at radius 1 is 1.44 bits per heavy atom. The Balaban J connectivity index is 2.09. The fourth-order valence-electron chi connectivity index (χ4n) is 1.94. The fourth-order valence-corrected chi connectivity index (χ4v) is 1.94. The molecule has 1 fully saturated rings. The first-order valence-corrected chi connectivity index (χ1v) is 5.64. The van der Waals surface area contributed by atoms with Gasteiger partial charge < -0.3 is 14.2 Å². The number of anilines is 1. The Labute approximate surface area is 95.8 Å². The number of carbonyl (C=O) groups excluding carboxylic acids is 1. The molecule has 0 saturated carbocycles. The average Bonchev–Trinajstić information content (AvgIpc) is 2.71. The molecule has 1 aliphatic heterocycles. The summed E-state index contributed by atoms with van der Waals surface area (Å²) in [6.07, 6.45) is 0. The van der Waals surface area contributed by atoms with E-state index in [9.17, 15) is 4.79 Å². The summed E-state index contributed by atoms with van der Waals surface area (Å²) in [5, 5.41) is 0. The van der Waals surface area contributed by atoms with Gasteiger partial charge in [-0.3, -0.25) is 4.79 Å². The second-order valence-corrected chi connectivity index (χ2v) is 4.47. The van der Waals surface area contributed by atoms with Crippen molar-refractivity contribution in [2.24, 2.45) is 0 Å². The van der Waals surface area contributed by atoms with E-state index in [0.29, 0.717) is 11.8 Å². The number of rotatable bonds is 2. The molecule has 4 nitrogen and oxygen atoms in total. The van der Waals surface area contributed by atoms with Gasteiger partial charge >= 0.3 is 0 Å². The van der Waals surface area contributed by atoms with Crippen molar-refractivity contribution in [2.45, 2.75) is 19.9 Å². The van der Waals surface area contributed by atoms with Gasteiger partial charge in [0.1, 0.15) is 0 Å².